The SMILES string of the molecule is COc1ccc(NC(=O)c2cccc(Cn3nc(C)cc3C)c2)cc1OCc1ccncc1. The number of carbonyl (C=O) groups excluding carboxylic acids is 1. The van der Waals surface area contributed by atoms with Crippen LogP contribution in [0.2, 0.25) is 0 Å². The zero-order valence-electron chi connectivity index (χ0n) is 18.9. The summed E-state index contributed by atoms with van der Waals surface area (Å²) in [6.07, 6.45) is 3.44. The van der Waals surface area contributed by atoms with Crippen molar-refractivity contribution in [3.05, 3.63) is 101 Å². The summed E-state index contributed by atoms with van der Waals surface area (Å²) in [4.78, 5) is 16.9. The average molecular weight is 443 g/mol. The van der Waals surface area contributed by atoms with E-state index in [9.17, 15) is 4.79 Å². The van der Waals surface area contributed by atoms with Crippen molar-refractivity contribution in [3.63, 3.8) is 0 Å². The predicted octanol–water partition coefficient (Wildman–Crippen LogP) is 4.78. The third-order valence-corrected chi connectivity index (χ3v) is 5.19. The van der Waals surface area contributed by atoms with Crippen LogP contribution in [-0.2, 0) is 13.2 Å². The van der Waals surface area contributed by atoms with Gasteiger partial charge in [-0.2, -0.15) is 5.10 Å². The van der Waals surface area contributed by atoms with Gasteiger partial charge in [-0.25, -0.2) is 0 Å². The van der Waals surface area contributed by atoms with Crippen LogP contribution < -0.4 is 14.8 Å². The molecule has 0 unspecified atom stereocenters. The second kappa shape index (κ2) is 9.99. The second-order valence-corrected chi connectivity index (χ2v) is 7.75. The molecule has 4 rings (SSSR count). The molecule has 0 bridgehead atoms. The van der Waals surface area contributed by atoms with Crippen LogP contribution in [0.15, 0.2) is 73.1 Å². The highest BCUT2D eigenvalue weighted by atomic mass is 16.5. The summed E-state index contributed by atoms with van der Waals surface area (Å²) in [5, 5.41) is 7.45. The molecule has 0 saturated heterocycles. The lowest BCUT2D eigenvalue weighted by atomic mass is 10.1. The van der Waals surface area contributed by atoms with Crippen molar-refractivity contribution in [1.82, 2.24) is 14.8 Å². The topological polar surface area (TPSA) is 78.3 Å². The van der Waals surface area contributed by atoms with E-state index in [1.54, 1.807) is 43.8 Å². The Morgan fingerprint density at radius 1 is 0.970 bits per heavy atom. The normalized spacial score (nSPS) is 10.6. The minimum absolute atomic E-state index is 0.199. The van der Waals surface area contributed by atoms with Gasteiger partial charge in [0.05, 0.1) is 19.3 Å². The molecule has 0 spiro atoms. The van der Waals surface area contributed by atoms with E-state index >= 15 is 0 Å². The third kappa shape index (κ3) is 5.57. The number of pyridine rings is 1. The first-order valence-electron chi connectivity index (χ1n) is 10.6. The number of benzene rings is 2. The molecule has 33 heavy (non-hydrogen) atoms. The number of rotatable bonds is 8. The van der Waals surface area contributed by atoms with E-state index < -0.39 is 0 Å². The summed E-state index contributed by atoms with van der Waals surface area (Å²) in [5.41, 5.74) is 5.24. The van der Waals surface area contributed by atoms with E-state index in [1.165, 1.54) is 0 Å². The Hall–Kier alpha value is -4.13. The van der Waals surface area contributed by atoms with Crippen molar-refractivity contribution < 1.29 is 14.3 Å². The lowest BCUT2D eigenvalue weighted by molar-refractivity contribution is 0.102. The quantitative estimate of drug-likeness (QED) is 0.425. The zero-order chi connectivity index (χ0) is 23.2. The van der Waals surface area contributed by atoms with Gasteiger partial charge >= 0.3 is 0 Å². The van der Waals surface area contributed by atoms with Gasteiger partial charge in [0.15, 0.2) is 11.5 Å². The molecule has 2 heterocycles. The first kappa shape index (κ1) is 22.1. The van der Waals surface area contributed by atoms with Gasteiger partial charge in [0.2, 0.25) is 0 Å². The maximum absolute atomic E-state index is 12.9. The van der Waals surface area contributed by atoms with Crippen molar-refractivity contribution >= 4 is 11.6 Å². The van der Waals surface area contributed by atoms with Crippen molar-refractivity contribution in [3.8, 4) is 11.5 Å². The fourth-order valence-corrected chi connectivity index (χ4v) is 3.53. The Morgan fingerprint density at radius 3 is 2.52 bits per heavy atom. The van der Waals surface area contributed by atoms with Crippen LogP contribution in [0.4, 0.5) is 5.69 Å². The number of nitrogens with zero attached hydrogens (tertiary/aromatic N) is 3. The molecule has 168 valence electrons. The lowest BCUT2D eigenvalue weighted by Crippen LogP contribution is -2.13. The number of anilines is 1. The van der Waals surface area contributed by atoms with Gasteiger partial charge in [-0.1, -0.05) is 12.1 Å². The van der Waals surface area contributed by atoms with Crippen LogP contribution in [0.3, 0.4) is 0 Å². The summed E-state index contributed by atoms with van der Waals surface area (Å²) in [5.74, 6) is 0.940. The minimum atomic E-state index is -0.199. The molecule has 1 N–H and O–H groups in total. The molecule has 7 nitrogen and oxygen atoms in total. The Labute approximate surface area is 193 Å². The highest BCUT2D eigenvalue weighted by Gasteiger charge is 2.11. The van der Waals surface area contributed by atoms with Gasteiger partial charge < -0.3 is 14.8 Å². The number of carbonyl (C=O) groups is 1. The van der Waals surface area contributed by atoms with Gasteiger partial charge in [0.1, 0.15) is 6.61 Å². The fourth-order valence-electron chi connectivity index (χ4n) is 3.53. The number of aryl methyl sites for hydroxylation is 2. The van der Waals surface area contributed by atoms with Gasteiger partial charge in [0, 0.05) is 35.4 Å². The maximum atomic E-state index is 12.9. The largest absolute Gasteiger partial charge is 0.493 e. The third-order valence-electron chi connectivity index (χ3n) is 5.19. The van der Waals surface area contributed by atoms with Crippen LogP contribution >= 0.6 is 0 Å². The molecule has 0 aliphatic rings. The lowest BCUT2D eigenvalue weighted by Gasteiger charge is -2.13. The number of methoxy groups -OCH3 is 1. The summed E-state index contributed by atoms with van der Waals surface area (Å²) < 4.78 is 13.3. The van der Waals surface area contributed by atoms with Crippen molar-refractivity contribution in [2.75, 3.05) is 12.4 Å². The van der Waals surface area contributed by atoms with Gasteiger partial charge in [-0.3, -0.25) is 14.5 Å². The molecule has 0 atom stereocenters. The Bertz CT molecular complexity index is 1250. The summed E-state index contributed by atoms with van der Waals surface area (Å²) >= 11 is 0. The molecule has 0 fully saturated rings. The van der Waals surface area contributed by atoms with Crippen LogP contribution in [0.25, 0.3) is 0 Å². The second-order valence-electron chi connectivity index (χ2n) is 7.75. The zero-order valence-corrected chi connectivity index (χ0v) is 18.9. The van der Waals surface area contributed by atoms with E-state index in [2.05, 4.69) is 15.4 Å². The predicted molar refractivity (Wildman–Crippen MR) is 127 cm³/mol. The molecular formula is C26H26N4O3. The van der Waals surface area contributed by atoms with Crippen molar-refractivity contribution in [1.29, 1.82) is 0 Å². The number of hydrogen-bond acceptors (Lipinski definition) is 5. The molecule has 0 radical (unpaired) electrons. The number of nitrogens with one attached hydrogen (secondary N) is 1. The summed E-state index contributed by atoms with van der Waals surface area (Å²) in [6.45, 7) is 4.97. The molecular weight excluding hydrogens is 416 g/mol. The maximum Gasteiger partial charge on any atom is 0.255 e. The Morgan fingerprint density at radius 2 is 1.79 bits per heavy atom. The summed E-state index contributed by atoms with van der Waals surface area (Å²) in [6, 6.07) is 18.7. The molecule has 1 amide bonds. The van der Waals surface area contributed by atoms with Crippen LogP contribution in [0.5, 0.6) is 11.5 Å². The first-order chi connectivity index (χ1) is 16.0. The molecule has 2 aromatic heterocycles. The van der Waals surface area contributed by atoms with E-state index in [-0.39, 0.29) is 5.91 Å². The number of ether oxygens (including phenoxy) is 2. The number of hydrogen-bond donors (Lipinski definition) is 1. The molecule has 7 heteroatoms. The Balaban J connectivity index is 1.47. The smallest absolute Gasteiger partial charge is 0.255 e. The average Bonchev–Trinajstić information content (AvgIpc) is 3.15. The summed E-state index contributed by atoms with van der Waals surface area (Å²) in [7, 11) is 1.58. The fraction of sp³-hybridized carbons (Fsp3) is 0.192. The van der Waals surface area contributed by atoms with Gasteiger partial charge in [0.25, 0.3) is 5.91 Å². The monoisotopic (exact) mass is 442 g/mol. The van der Waals surface area contributed by atoms with E-state index in [0.717, 1.165) is 22.5 Å². The molecule has 4 aromatic rings. The number of aromatic nitrogens is 3. The molecule has 0 aliphatic carbocycles. The van der Waals surface area contributed by atoms with Crippen molar-refractivity contribution in [2.24, 2.45) is 0 Å². The van der Waals surface area contributed by atoms with E-state index in [4.69, 9.17) is 9.47 Å². The standard InChI is InChI=1S/C26H26N4O3/c1-18-13-19(2)30(29-18)16-21-5-4-6-22(14-21)26(31)28-23-7-8-24(32-3)25(15-23)33-17-20-9-11-27-12-10-20/h4-15H,16-17H2,1-3H3,(H,28,31). The van der Waals surface area contributed by atoms with Crippen LogP contribution in [-0.4, -0.2) is 27.8 Å². The number of amides is 1. The first-order valence-corrected chi connectivity index (χ1v) is 10.6. The molecule has 2 aromatic carbocycles. The van der Waals surface area contributed by atoms with Gasteiger partial charge in [-0.15, -0.1) is 0 Å². The van der Waals surface area contributed by atoms with Crippen LogP contribution in [0.1, 0.15) is 32.9 Å². The Kier molecular flexibility index (Phi) is 6.69. The van der Waals surface area contributed by atoms with E-state index in [1.807, 2.05) is 54.9 Å². The highest BCUT2D eigenvalue weighted by molar-refractivity contribution is 6.04. The molecule has 0 saturated carbocycles. The van der Waals surface area contributed by atoms with Crippen molar-refractivity contribution in [2.45, 2.75) is 27.0 Å². The van der Waals surface area contributed by atoms with Crippen LogP contribution in [0, 0.1) is 13.8 Å². The molecule has 0 aliphatic heterocycles. The highest BCUT2D eigenvalue weighted by Crippen LogP contribution is 2.31. The van der Waals surface area contributed by atoms with Gasteiger partial charge in [-0.05, 0) is 67.4 Å². The minimum Gasteiger partial charge on any atom is -0.493 e. The van der Waals surface area contributed by atoms with E-state index in [0.29, 0.717) is 35.9 Å².